The van der Waals surface area contributed by atoms with E-state index in [1.807, 2.05) is 0 Å². The van der Waals surface area contributed by atoms with E-state index in [9.17, 15) is 30.6 Å². The van der Waals surface area contributed by atoms with Crippen LogP contribution >= 0.6 is 0 Å². The first-order valence-corrected chi connectivity index (χ1v) is 6.48. The molecular weight excluding hydrogens is 292 g/mol. The lowest BCUT2D eigenvalue weighted by molar-refractivity contribution is -0.340. The van der Waals surface area contributed by atoms with Crippen LogP contribution in [0.25, 0.3) is 0 Å². The average molecular weight is 312 g/mol. The largest absolute Gasteiger partial charge is 0.394 e. The minimum atomic E-state index is -1.63. The van der Waals surface area contributed by atoms with Crippen molar-refractivity contribution in [2.75, 3.05) is 13.2 Å². The number of aliphatic hydroxyl groups is 7. The van der Waals surface area contributed by atoms with Gasteiger partial charge in [0.15, 0.2) is 12.6 Å². The summed E-state index contributed by atoms with van der Waals surface area (Å²) in [4.78, 5) is 0. The van der Waals surface area contributed by atoms with Gasteiger partial charge in [0.05, 0.1) is 13.2 Å². The van der Waals surface area contributed by atoms with Gasteiger partial charge in [-0.3, -0.25) is 0 Å². The SMILES string of the molecule is OC[C@H]1O[C@@H](O[C@@H]2CO[C@@H](O)[C@@H](O)[C@H]2O)[C@H](O)[C@@H](O)[C@H]1O. The van der Waals surface area contributed by atoms with Gasteiger partial charge in [-0.15, -0.1) is 0 Å². The van der Waals surface area contributed by atoms with Crippen molar-refractivity contribution in [2.45, 2.75) is 55.3 Å². The molecule has 2 heterocycles. The molecule has 0 aliphatic carbocycles. The quantitative estimate of drug-likeness (QED) is 0.268. The minimum Gasteiger partial charge on any atom is -0.394 e. The van der Waals surface area contributed by atoms with Gasteiger partial charge in [-0.1, -0.05) is 0 Å². The Kier molecular flexibility index (Phi) is 5.48. The Hall–Kier alpha value is -0.400. The smallest absolute Gasteiger partial charge is 0.187 e. The molecule has 2 aliphatic heterocycles. The summed E-state index contributed by atoms with van der Waals surface area (Å²) < 4.78 is 15.1. The number of aliphatic hydroxyl groups excluding tert-OH is 7. The molecule has 0 aromatic carbocycles. The zero-order valence-corrected chi connectivity index (χ0v) is 11.0. The monoisotopic (exact) mass is 312 g/mol. The van der Waals surface area contributed by atoms with Gasteiger partial charge >= 0.3 is 0 Å². The van der Waals surface area contributed by atoms with Gasteiger partial charge in [0.2, 0.25) is 0 Å². The van der Waals surface area contributed by atoms with Crippen LogP contribution in [-0.4, -0.2) is 104 Å². The second-order valence-electron chi connectivity index (χ2n) is 5.08. The molecule has 7 N–H and O–H groups in total. The van der Waals surface area contributed by atoms with E-state index in [4.69, 9.17) is 19.3 Å². The molecule has 0 bridgehead atoms. The van der Waals surface area contributed by atoms with Crippen molar-refractivity contribution < 1.29 is 50.0 Å². The van der Waals surface area contributed by atoms with Crippen LogP contribution < -0.4 is 0 Å². The van der Waals surface area contributed by atoms with E-state index in [0.717, 1.165) is 0 Å². The first-order chi connectivity index (χ1) is 9.86. The molecule has 0 saturated carbocycles. The van der Waals surface area contributed by atoms with E-state index >= 15 is 0 Å². The average Bonchev–Trinajstić information content (AvgIpc) is 2.48. The van der Waals surface area contributed by atoms with Crippen LogP contribution in [0.5, 0.6) is 0 Å². The fourth-order valence-electron chi connectivity index (χ4n) is 2.25. The molecule has 2 aliphatic rings. The Morgan fingerprint density at radius 2 is 1.52 bits per heavy atom. The molecule has 2 saturated heterocycles. The molecule has 0 aromatic heterocycles. The molecule has 0 amide bonds. The standard InChI is InChI=1S/C11H20O10/c12-1-3-5(13)7(15)9(17)11(20-3)21-4-2-19-10(18)8(16)6(4)14/h3-18H,1-2H2/t3-,4-,5+,6+,7+,8+,9-,10-,11+/m1/s1. The topological polar surface area (TPSA) is 169 Å². The Bertz CT molecular complexity index is 339. The zero-order chi connectivity index (χ0) is 15.7. The Morgan fingerprint density at radius 3 is 2.14 bits per heavy atom. The highest BCUT2D eigenvalue weighted by Crippen LogP contribution is 2.25. The Balaban J connectivity index is 2.01. The minimum absolute atomic E-state index is 0.283. The number of ether oxygens (including phenoxy) is 3. The molecule has 124 valence electrons. The van der Waals surface area contributed by atoms with E-state index in [1.165, 1.54) is 0 Å². The molecular formula is C11H20O10. The molecule has 0 radical (unpaired) electrons. The van der Waals surface area contributed by atoms with E-state index in [1.54, 1.807) is 0 Å². The van der Waals surface area contributed by atoms with Gasteiger partial charge in [-0.2, -0.15) is 0 Å². The summed E-state index contributed by atoms with van der Waals surface area (Å²) in [5.74, 6) is 0. The fraction of sp³-hybridized carbons (Fsp3) is 1.00. The highest BCUT2D eigenvalue weighted by molar-refractivity contribution is 4.91. The lowest BCUT2D eigenvalue weighted by Gasteiger charge is -2.43. The van der Waals surface area contributed by atoms with Gasteiger partial charge in [0.1, 0.15) is 42.7 Å². The van der Waals surface area contributed by atoms with Crippen LogP contribution in [0.15, 0.2) is 0 Å². The number of rotatable bonds is 3. The molecule has 21 heavy (non-hydrogen) atoms. The number of hydrogen-bond acceptors (Lipinski definition) is 10. The maximum absolute atomic E-state index is 9.78. The van der Waals surface area contributed by atoms with E-state index < -0.39 is 61.9 Å². The molecule has 0 aromatic rings. The molecule has 0 unspecified atom stereocenters. The summed E-state index contributed by atoms with van der Waals surface area (Å²) in [7, 11) is 0. The van der Waals surface area contributed by atoms with E-state index in [0.29, 0.717) is 0 Å². The van der Waals surface area contributed by atoms with Crippen LogP contribution in [0.4, 0.5) is 0 Å². The van der Waals surface area contributed by atoms with Gasteiger partial charge in [0, 0.05) is 0 Å². The van der Waals surface area contributed by atoms with Crippen LogP contribution in [0.3, 0.4) is 0 Å². The Morgan fingerprint density at radius 1 is 0.857 bits per heavy atom. The second kappa shape index (κ2) is 6.79. The predicted molar refractivity (Wildman–Crippen MR) is 62.6 cm³/mol. The maximum atomic E-state index is 9.78. The summed E-state index contributed by atoms with van der Waals surface area (Å²) in [5, 5.41) is 66.5. The van der Waals surface area contributed by atoms with Crippen LogP contribution in [0, 0.1) is 0 Å². The summed E-state index contributed by atoms with van der Waals surface area (Å²) in [6.07, 6.45) is -13.2. The highest BCUT2D eigenvalue weighted by atomic mass is 16.7. The molecule has 0 spiro atoms. The third-order valence-corrected chi connectivity index (χ3v) is 3.61. The summed E-state index contributed by atoms with van der Waals surface area (Å²) in [5.41, 5.74) is 0. The molecule has 2 fully saturated rings. The van der Waals surface area contributed by atoms with Crippen molar-refractivity contribution in [3.63, 3.8) is 0 Å². The van der Waals surface area contributed by atoms with Crippen molar-refractivity contribution in [1.82, 2.24) is 0 Å². The zero-order valence-electron chi connectivity index (χ0n) is 11.0. The van der Waals surface area contributed by atoms with Crippen LogP contribution in [-0.2, 0) is 14.2 Å². The summed E-state index contributed by atoms with van der Waals surface area (Å²) in [6, 6.07) is 0. The van der Waals surface area contributed by atoms with Crippen LogP contribution in [0.1, 0.15) is 0 Å². The third kappa shape index (κ3) is 3.35. The van der Waals surface area contributed by atoms with Gasteiger partial charge in [-0.25, -0.2) is 0 Å². The first kappa shape index (κ1) is 17.0. The molecule has 2 rings (SSSR count). The van der Waals surface area contributed by atoms with Crippen molar-refractivity contribution in [3.8, 4) is 0 Å². The molecule has 10 heteroatoms. The van der Waals surface area contributed by atoms with E-state index in [-0.39, 0.29) is 6.61 Å². The Labute approximate surface area is 119 Å². The third-order valence-electron chi connectivity index (χ3n) is 3.61. The van der Waals surface area contributed by atoms with Crippen molar-refractivity contribution in [3.05, 3.63) is 0 Å². The van der Waals surface area contributed by atoms with Crippen molar-refractivity contribution in [2.24, 2.45) is 0 Å². The van der Waals surface area contributed by atoms with Gasteiger partial charge in [-0.05, 0) is 0 Å². The normalized spacial score (nSPS) is 51.9. The highest BCUT2D eigenvalue weighted by Gasteiger charge is 2.47. The van der Waals surface area contributed by atoms with Crippen LogP contribution in [0.2, 0.25) is 0 Å². The lowest BCUT2D eigenvalue weighted by Crippen LogP contribution is -2.62. The summed E-state index contributed by atoms with van der Waals surface area (Å²) >= 11 is 0. The fourth-order valence-corrected chi connectivity index (χ4v) is 2.25. The molecule has 10 nitrogen and oxygen atoms in total. The predicted octanol–water partition coefficient (Wildman–Crippen LogP) is -4.76. The van der Waals surface area contributed by atoms with Gasteiger partial charge < -0.3 is 50.0 Å². The maximum Gasteiger partial charge on any atom is 0.187 e. The lowest BCUT2D eigenvalue weighted by atomic mass is 9.99. The first-order valence-electron chi connectivity index (χ1n) is 6.48. The second-order valence-corrected chi connectivity index (χ2v) is 5.08. The van der Waals surface area contributed by atoms with Crippen molar-refractivity contribution in [1.29, 1.82) is 0 Å². The number of hydrogen-bond donors (Lipinski definition) is 7. The van der Waals surface area contributed by atoms with Crippen molar-refractivity contribution >= 4 is 0 Å². The molecule has 9 atom stereocenters. The summed E-state index contributed by atoms with van der Waals surface area (Å²) in [6.45, 7) is -0.899. The van der Waals surface area contributed by atoms with Gasteiger partial charge in [0.25, 0.3) is 0 Å². The van der Waals surface area contributed by atoms with E-state index in [2.05, 4.69) is 0 Å².